The molecule has 2 aromatic heterocycles. The van der Waals surface area contributed by atoms with Gasteiger partial charge >= 0.3 is 6.09 Å². The predicted molar refractivity (Wildman–Crippen MR) is 88.9 cm³/mol. The van der Waals surface area contributed by atoms with Crippen molar-refractivity contribution in [3.05, 3.63) is 29.7 Å². The number of carbonyl (C=O) groups excluding carboxylic acids is 1. The molecule has 124 valence electrons. The monoisotopic (exact) mass is 337 g/mol. The highest BCUT2D eigenvalue weighted by Gasteiger charge is 2.18. The van der Waals surface area contributed by atoms with Crippen LogP contribution in [0, 0.1) is 0 Å². The molecular weight excluding hydrogens is 318 g/mol. The van der Waals surface area contributed by atoms with Crippen LogP contribution >= 0.6 is 11.6 Å². The van der Waals surface area contributed by atoms with E-state index in [1.165, 1.54) is 0 Å². The molecule has 2 aromatic rings. The molecule has 0 aliphatic heterocycles. The quantitative estimate of drug-likeness (QED) is 0.863. The number of amides is 1. The number of ether oxygens (including phenoxy) is 2. The fourth-order valence-electron chi connectivity index (χ4n) is 1.89. The molecular formula is C16H20ClN3O3. The molecule has 0 fully saturated rings. The van der Waals surface area contributed by atoms with Crippen LogP contribution in [-0.4, -0.2) is 34.3 Å². The second-order valence-electron chi connectivity index (χ2n) is 6.19. The number of alkyl carbamates (subject to hydrolysis) is 1. The summed E-state index contributed by atoms with van der Waals surface area (Å²) < 4.78 is 11.0. The molecule has 1 unspecified atom stereocenters. The average Bonchev–Trinajstić information content (AvgIpc) is 2.42. The standard InChI is InChI=1S/C16H20ClN3O3/c1-10(20-15(21)23-16(2,3)4)9-22-13-5-6-18-12-8-19-14(17)7-11(12)13/h5-8,10H,9H2,1-4H3,(H,20,21). The van der Waals surface area contributed by atoms with Crippen LogP contribution in [0.1, 0.15) is 27.7 Å². The smallest absolute Gasteiger partial charge is 0.407 e. The maximum absolute atomic E-state index is 11.7. The first-order valence-electron chi connectivity index (χ1n) is 7.27. The number of nitrogens with zero attached hydrogens (tertiary/aromatic N) is 2. The fraction of sp³-hybridized carbons (Fsp3) is 0.438. The van der Waals surface area contributed by atoms with Gasteiger partial charge in [0.15, 0.2) is 0 Å². The number of fused-ring (bicyclic) bond motifs is 1. The Hall–Kier alpha value is -2.08. The van der Waals surface area contributed by atoms with Gasteiger partial charge in [0, 0.05) is 11.6 Å². The largest absolute Gasteiger partial charge is 0.491 e. The molecule has 0 aliphatic rings. The van der Waals surface area contributed by atoms with Gasteiger partial charge in [-0.15, -0.1) is 0 Å². The number of carbonyl (C=O) groups is 1. The van der Waals surface area contributed by atoms with Gasteiger partial charge in [0.2, 0.25) is 0 Å². The van der Waals surface area contributed by atoms with Gasteiger partial charge in [0.25, 0.3) is 0 Å². The average molecular weight is 338 g/mol. The lowest BCUT2D eigenvalue weighted by Gasteiger charge is -2.22. The van der Waals surface area contributed by atoms with E-state index in [-0.39, 0.29) is 12.6 Å². The van der Waals surface area contributed by atoms with Crippen LogP contribution in [-0.2, 0) is 4.74 Å². The van der Waals surface area contributed by atoms with Gasteiger partial charge in [-0.2, -0.15) is 0 Å². The lowest BCUT2D eigenvalue weighted by Crippen LogP contribution is -2.40. The minimum atomic E-state index is -0.532. The van der Waals surface area contributed by atoms with Crippen LogP contribution in [0.2, 0.25) is 5.15 Å². The van der Waals surface area contributed by atoms with E-state index in [9.17, 15) is 4.79 Å². The van der Waals surface area contributed by atoms with Crippen LogP contribution in [0.15, 0.2) is 24.5 Å². The zero-order valence-corrected chi connectivity index (χ0v) is 14.3. The van der Waals surface area contributed by atoms with Crippen molar-refractivity contribution >= 4 is 28.6 Å². The Labute approximate surface area is 140 Å². The molecule has 0 spiro atoms. The second kappa shape index (κ2) is 7.00. The molecule has 1 amide bonds. The zero-order chi connectivity index (χ0) is 17.0. The van der Waals surface area contributed by atoms with E-state index in [2.05, 4.69) is 15.3 Å². The first-order valence-corrected chi connectivity index (χ1v) is 7.65. The summed E-state index contributed by atoms with van der Waals surface area (Å²) in [6, 6.07) is 3.23. The SMILES string of the molecule is CC(COc1ccnc2cnc(Cl)cc12)NC(=O)OC(C)(C)C. The molecule has 0 aliphatic carbocycles. The normalized spacial score (nSPS) is 12.7. The van der Waals surface area contributed by atoms with Crippen molar-refractivity contribution in [3.8, 4) is 5.75 Å². The molecule has 6 nitrogen and oxygen atoms in total. The Kier molecular flexibility index (Phi) is 5.26. The third-order valence-corrected chi connectivity index (χ3v) is 3.01. The summed E-state index contributed by atoms with van der Waals surface area (Å²) in [6.45, 7) is 7.57. The van der Waals surface area contributed by atoms with Gasteiger partial charge in [-0.25, -0.2) is 9.78 Å². The van der Waals surface area contributed by atoms with Crippen LogP contribution in [0.4, 0.5) is 4.79 Å². The number of nitrogens with one attached hydrogen (secondary N) is 1. The Bertz CT molecular complexity index is 701. The minimum Gasteiger partial charge on any atom is -0.491 e. The molecule has 1 atom stereocenters. The van der Waals surface area contributed by atoms with E-state index in [4.69, 9.17) is 21.1 Å². The van der Waals surface area contributed by atoms with E-state index in [0.29, 0.717) is 16.4 Å². The summed E-state index contributed by atoms with van der Waals surface area (Å²) in [4.78, 5) is 19.9. The van der Waals surface area contributed by atoms with E-state index in [1.54, 1.807) is 24.5 Å². The van der Waals surface area contributed by atoms with Gasteiger partial charge in [0.1, 0.15) is 23.1 Å². The Balaban J connectivity index is 1.98. The lowest BCUT2D eigenvalue weighted by atomic mass is 10.2. The summed E-state index contributed by atoms with van der Waals surface area (Å²) in [6.07, 6.45) is 2.76. The van der Waals surface area contributed by atoms with Gasteiger partial charge in [-0.05, 0) is 39.8 Å². The summed E-state index contributed by atoms with van der Waals surface area (Å²) in [5, 5.41) is 3.87. The van der Waals surface area contributed by atoms with Crippen molar-refractivity contribution in [1.82, 2.24) is 15.3 Å². The third-order valence-electron chi connectivity index (χ3n) is 2.81. The highest BCUT2D eigenvalue weighted by Crippen LogP contribution is 2.25. The highest BCUT2D eigenvalue weighted by atomic mass is 35.5. The molecule has 0 saturated carbocycles. The summed E-state index contributed by atoms with van der Waals surface area (Å²) in [5.74, 6) is 0.636. The number of aromatic nitrogens is 2. The molecule has 2 heterocycles. The summed E-state index contributed by atoms with van der Waals surface area (Å²) in [7, 11) is 0. The lowest BCUT2D eigenvalue weighted by molar-refractivity contribution is 0.0494. The fourth-order valence-corrected chi connectivity index (χ4v) is 2.05. The van der Waals surface area contributed by atoms with E-state index in [0.717, 1.165) is 5.39 Å². The van der Waals surface area contributed by atoms with Gasteiger partial charge in [-0.3, -0.25) is 4.98 Å². The predicted octanol–water partition coefficient (Wildman–Crippen LogP) is 3.58. The molecule has 1 N–H and O–H groups in total. The molecule has 0 aromatic carbocycles. The summed E-state index contributed by atoms with van der Waals surface area (Å²) >= 11 is 5.92. The van der Waals surface area contributed by atoms with Gasteiger partial charge in [-0.1, -0.05) is 11.6 Å². The molecule has 0 saturated heterocycles. The van der Waals surface area contributed by atoms with Crippen molar-refractivity contribution in [2.45, 2.75) is 39.3 Å². The van der Waals surface area contributed by atoms with E-state index in [1.807, 2.05) is 27.7 Å². The van der Waals surface area contributed by atoms with Crippen LogP contribution < -0.4 is 10.1 Å². The Morgan fingerprint density at radius 1 is 1.39 bits per heavy atom. The maximum Gasteiger partial charge on any atom is 0.407 e. The van der Waals surface area contributed by atoms with Crippen molar-refractivity contribution in [1.29, 1.82) is 0 Å². The first kappa shape index (κ1) is 17.3. The number of hydrogen-bond donors (Lipinski definition) is 1. The Morgan fingerprint density at radius 3 is 2.83 bits per heavy atom. The number of rotatable bonds is 4. The number of hydrogen-bond acceptors (Lipinski definition) is 5. The van der Waals surface area contributed by atoms with Crippen molar-refractivity contribution in [2.75, 3.05) is 6.61 Å². The zero-order valence-electron chi connectivity index (χ0n) is 13.6. The second-order valence-corrected chi connectivity index (χ2v) is 6.58. The topological polar surface area (TPSA) is 73.3 Å². The first-order chi connectivity index (χ1) is 10.7. The van der Waals surface area contributed by atoms with E-state index < -0.39 is 11.7 Å². The van der Waals surface area contributed by atoms with E-state index >= 15 is 0 Å². The minimum absolute atomic E-state index is 0.217. The van der Waals surface area contributed by atoms with Crippen LogP contribution in [0.25, 0.3) is 10.9 Å². The maximum atomic E-state index is 11.7. The highest BCUT2D eigenvalue weighted by molar-refractivity contribution is 6.30. The molecule has 2 rings (SSSR count). The Morgan fingerprint density at radius 2 is 2.13 bits per heavy atom. The van der Waals surface area contributed by atoms with Crippen molar-refractivity contribution < 1.29 is 14.3 Å². The van der Waals surface area contributed by atoms with Crippen LogP contribution in [0.3, 0.4) is 0 Å². The number of halogens is 1. The molecule has 7 heteroatoms. The van der Waals surface area contributed by atoms with Crippen molar-refractivity contribution in [3.63, 3.8) is 0 Å². The summed E-state index contributed by atoms with van der Waals surface area (Å²) in [5.41, 5.74) is 0.162. The van der Waals surface area contributed by atoms with Crippen molar-refractivity contribution in [2.24, 2.45) is 0 Å². The molecule has 23 heavy (non-hydrogen) atoms. The third kappa shape index (κ3) is 5.25. The number of pyridine rings is 2. The van der Waals surface area contributed by atoms with Crippen LogP contribution in [0.5, 0.6) is 5.75 Å². The van der Waals surface area contributed by atoms with Gasteiger partial charge < -0.3 is 14.8 Å². The molecule has 0 bridgehead atoms. The molecule has 0 radical (unpaired) electrons. The van der Waals surface area contributed by atoms with Gasteiger partial charge in [0.05, 0.1) is 17.8 Å².